The summed E-state index contributed by atoms with van der Waals surface area (Å²) in [7, 11) is 0. The molecule has 0 spiro atoms. The van der Waals surface area contributed by atoms with E-state index in [0.29, 0.717) is 16.5 Å². The van der Waals surface area contributed by atoms with Crippen molar-refractivity contribution >= 4 is 17.3 Å². The van der Waals surface area contributed by atoms with Crippen LogP contribution >= 0.6 is 11.3 Å². The van der Waals surface area contributed by atoms with E-state index in [9.17, 15) is 4.79 Å². The summed E-state index contributed by atoms with van der Waals surface area (Å²) in [6, 6.07) is 7.48. The molecule has 0 fully saturated rings. The zero-order valence-corrected chi connectivity index (χ0v) is 11.0. The van der Waals surface area contributed by atoms with Crippen molar-refractivity contribution in [3.8, 4) is 16.3 Å². The number of rotatable bonds is 4. The second-order valence-corrected chi connectivity index (χ2v) is 4.89. The van der Waals surface area contributed by atoms with Crippen LogP contribution in [0.1, 0.15) is 22.3 Å². The molecule has 5 heteroatoms. The highest BCUT2D eigenvalue weighted by atomic mass is 32.1. The molecule has 0 aliphatic rings. The molecule has 0 radical (unpaired) electrons. The molecule has 0 aliphatic heterocycles. The number of carboxylic acid groups (broad SMARTS) is 1. The highest BCUT2D eigenvalue weighted by molar-refractivity contribution is 7.15. The van der Waals surface area contributed by atoms with Crippen molar-refractivity contribution in [2.45, 2.75) is 13.8 Å². The van der Waals surface area contributed by atoms with Gasteiger partial charge in [0.1, 0.15) is 10.8 Å². The molecule has 2 rings (SSSR count). The largest absolute Gasteiger partial charge is 0.494 e. The van der Waals surface area contributed by atoms with Gasteiger partial charge in [-0.2, -0.15) is 0 Å². The summed E-state index contributed by atoms with van der Waals surface area (Å²) >= 11 is 1.38. The third-order valence-corrected chi connectivity index (χ3v) is 3.43. The molecule has 0 bridgehead atoms. The highest BCUT2D eigenvalue weighted by Crippen LogP contribution is 2.28. The monoisotopic (exact) mass is 263 g/mol. The van der Waals surface area contributed by atoms with Crippen LogP contribution in [0.15, 0.2) is 24.3 Å². The fourth-order valence-corrected chi connectivity index (χ4v) is 2.49. The Kier molecular flexibility index (Phi) is 3.62. The molecule has 2 aromatic rings. The van der Waals surface area contributed by atoms with Crippen LogP contribution in [0.5, 0.6) is 5.75 Å². The number of ether oxygens (including phenoxy) is 1. The van der Waals surface area contributed by atoms with E-state index < -0.39 is 5.97 Å². The van der Waals surface area contributed by atoms with E-state index in [1.807, 2.05) is 31.2 Å². The van der Waals surface area contributed by atoms with Gasteiger partial charge in [0.25, 0.3) is 0 Å². The van der Waals surface area contributed by atoms with Crippen LogP contribution in [0.3, 0.4) is 0 Å². The lowest BCUT2D eigenvalue weighted by Crippen LogP contribution is -1.98. The van der Waals surface area contributed by atoms with Gasteiger partial charge >= 0.3 is 5.97 Å². The summed E-state index contributed by atoms with van der Waals surface area (Å²) in [4.78, 5) is 15.8. The minimum absolute atomic E-state index is 0.129. The van der Waals surface area contributed by atoms with Gasteiger partial charge in [-0.3, -0.25) is 0 Å². The summed E-state index contributed by atoms with van der Waals surface area (Å²) in [6.07, 6.45) is 0. The smallest absolute Gasteiger partial charge is 0.355 e. The Bertz CT molecular complexity index is 560. The number of hydrogen-bond donors (Lipinski definition) is 1. The van der Waals surface area contributed by atoms with E-state index in [1.54, 1.807) is 6.92 Å². The highest BCUT2D eigenvalue weighted by Gasteiger charge is 2.14. The van der Waals surface area contributed by atoms with E-state index in [4.69, 9.17) is 9.84 Å². The summed E-state index contributed by atoms with van der Waals surface area (Å²) in [5, 5.41) is 9.68. The first-order chi connectivity index (χ1) is 8.61. The Morgan fingerprint density at radius 3 is 2.56 bits per heavy atom. The number of aromatic carboxylic acids is 1. The quantitative estimate of drug-likeness (QED) is 0.920. The Hall–Kier alpha value is -1.88. The first kappa shape index (κ1) is 12.6. The second kappa shape index (κ2) is 5.18. The predicted octanol–water partition coefficient (Wildman–Crippen LogP) is 3.22. The maximum atomic E-state index is 10.9. The molecule has 0 saturated heterocycles. The zero-order chi connectivity index (χ0) is 13.1. The molecule has 1 N–H and O–H groups in total. The lowest BCUT2D eigenvalue weighted by molar-refractivity contribution is 0.0690. The Labute approximate surface area is 109 Å². The molecule has 1 aromatic heterocycles. The van der Waals surface area contributed by atoms with Crippen molar-refractivity contribution in [1.82, 2.24) is 4.98 Å². The fraction of sp³-hybridized carbons (Fsp3) is 0.231. The van der Waals surface area contributed by atoms with Crippen LogP contribution in [0, 0.1) is 6.92 Å². The maximum Gasteiger partial charge on any atom is 0.355 e. The zero-order valence-electron chi connectivity index (χ0n) is 10.1. The predicted molar refractivity (Wildman–Crippen MR) is 70.4 cm³/mol. The normalized spacial score (nSPS) is 10.3. The second-order valence-electron chi connectivity index (χ2n) is 3.69. The van der Waals surface area contributed by atoms with E-state index in [0.717, 1.165) is 11.3 Å². The third-order valence-electron chi connectivity index (χ3n) is 2.41. The van der Waals surface area contributed by atoms with Crippen LogP contribution < -0.4 is 4.74 Å². The van der Waals surface area contributed by atoms with Crippen LogP contribution in [-0.2, 0) is 0 Å². The van der Waals surface area contributed by atoms with Crippen molar-refractivity contribution in [1.29, 1.82) is 0 Å². The molecule has 4 nitrogen and oxygen atoms in total. The molecule has 0 atom stereocenters. The van der Waals surface area contributed by atoms with Crippen molar-refractivity contribution in [3.63, 3.8) is 0 Å². The summed E-state index contributed by atoms with van der Waals surface area (Å²) in [6.45, 7) is 4.31. The first-order valence-corrected chi connectivity index (χ1v) is 6.37. The molecule has 94 valence electrons. The molecule has 0 aliphatic carbocycles. The van der Waals surface area contributed by atoms with Crippen molar-refractivity contribution in [2.75, 3.05) is 6.61 Å². The van der Waals surface area contributed by atoms with Gasteiger partial charge in [-0.25, -0.2) is 9.78 Å². The number of aromatic nitrogens is 1. The van der Waals surface area contributed by atoms with Gasteiger partial charge < -0.3 is 9.84 Å². The number of carboxylic acids is 1. The molecule has 0 amide bonds. The van der Waals surface area contributed by atoms with Gasteiger partial charge in [0.15, 0.2) is 5.69 Å². The summed E-state index contributed by atoms with van der Waals surface area (Å²) in [5.41, 5.74) is 1.03. The van der Waals surface area contributed by atoms with Gasteiger partial charge in [0, 0.05) is 10.4 Å². The van der Waals surface area contributed by atoms with E-state index in [1.165, 1.54) is 11.3 Å². The number of nitrogens with zero attached hydrogens (tertiary/aromatic N) is 1. The third kappa shape index (κ3) is 2.51. The average molecular weight is 263 g/mol. The van der Waals surface area contributed by atoms with Crippen LogP contribution in [0.4, 0.5) is 0 Å². The molecule has 1 aromatic carbocycles. The molecule has 0 unspecified atom stereocenters. The lowest BCUT2D eigenvalue weighted by atomic mass is 10.2. The number of aryl methyl sites for hydroxylation is 1. The number of carbonyl (C=O) groups is 1. The van der Waals surface area contributed by atoms with Gasteiger partial charge in [-0.15, -0.1) is 11.3 Å². The summed E-state index contributed by atoms with van der Waals surface area (Å²) in [5.74, 6) is -0.186. The van der Waals surface area contributed by atoms with Gasteiger partial charge in [-0.05, 0) is 38.1 Å². The van der Waals surface area contributed by atoms with Gasteiger partial charge in [0.05, 0.1) is 6.61 Å². The minimum atomic E-state index is -0.985. The number of benzene rings is 1. The summed E-state index contributed by atoms with van der Waals surface area (Å²) < 4.78 is 5.35. The van der Waals surface area contributed by atoms with E-state index in [2.05, 4.69) is 4.98 Å². The molecule has 1 heterocycles. The minimum Gasteiger partial charge on any atom is -0.494 e. The average Bonchev–Trinajstić information content (AvgIpc) is 2.73. The molecule has 0 saturated carbocycles. The molecule has 18 heavy (non-hydrogen) atoms. The van der Waals surface area contributed by atoms with Gasteiger partial charge in [0.2, 0.25) is 0 Å². The Morgan fingerprint density at radius 2 is 2.06 bits per heavy atom. The first-order valence-electron chi connectivity index (χ1n) is 5.55. The van der Waals surface area contributed by atoms with Crippen molar-refractivity contribution < 1.29 is 14.6 Å². The fourth-order valence-electron chi connectivity index (χ4n) is 1.58. The van der Waals surface area contributed by atoms with Gasteiger partial charge in [-0.1, -0.05) is 0 Å². The SMILES string of the molecule is CCOc1ccc(-c2nc(C(=O)O)c(C)s2)cc1. The number of hydrogen-bond acceptors (Lipinski definition) is 4. The van der Waals surface area contributed by atoms with Crippen LogP contribution in [0.2, 0.25) is 0 Å². The number of thiazole rings is 1. The molecular formula is C13H13NO3S. The van der Waals surface area contributed by atoms with E-state index in [-0.39, 0.29) is 5.69 Å². The standard InChI is InChI=1S/C13H13NO3S/c1-3-17-10-6-4-9(5-7-10)12-14-11(13(15)16)8(2)18-12/h4-7H,3H2,1-2H3,(H,15,16). The van der Waals surface area contributed by atoms with E-state index >= 15 is 0 Å². The van der Waals surface area contributed by atoms with Crippen LogP contribution in [-0.4, -0.2) is 22.7 Å². The van der Waals surface area contributed by atoms with Crippen molar-refractivity contribution in [2.24, 2.45) is 0 Å². The van der Waals surface area contributed by atoms with Crippen LogP contribution in [0.25, 0.3) is 10.6 Å². The lowest BCUT2D eigenvalue weighted by Gasteiger charge is -2.02. The Morgan fingerprint density at radius 1 is 1.39 bits per heavy atom. The van der Waals surface area contributed by atoms with Crippen molar-refractivity contribution in [3.05, 3.63) is 34.8 Å². The maximum absolute atomic E-state index is 10.9. The molecular weight excluding hydrogens is 250 g/mol. The Balaban J connectivity index is 2.31. The topological polar surface area (TPSA) is 59.4 Å².